The average molecular weight is 178 g/mol. The quantitative estimate of drug-likeness (QED) is 0.389. The zero-order chi connectivity index (χ0) is 9.84. The predicted molar refractivity (Wildman–Crippen MR) is 44.7 cm³/mol. The Hall–Kier alpha value is -2.14. The van der Waals surface area contributed by atoms with Crippen LogP contribution in [0.15, 0.2) is 11.3 Å². The zero-order valence-corrected chi connectivity index (χ0v) is 6.80. The van der Waals surface area contributed by atoms with Crippen molar-refractivity contribution in [2.45, 2.75) is 6.92 Å². The summed E-state index contributed by atoms with van der Waals surface area (Å²) in [6.07, 6.45) is 1.23. The van der Waals surface area contributed by atoms with E-state index >= 15 is 0 Å². The lowest BCUT2D eigenvalue weighted by atomic mass is 10.3. The molecule has 66 valence electrons. The molecule has 0 bridgehead atoms. The second-order valence-electron chi connectivity index (χ2n) is 2.21. The number of nitrogen functional groups attached to an aromatic ring is 1. The minimum Gasteiger partial charge on any atom is -0.383 e. The average Bonchev–Trinajstić information content (AvgIpc) is 2.04. The van der Waals surface area contributed by atoms with Gasteiger partial charge in [-0.15, -0.1) is 0 Å². The maximum atomic E-state index is 11.0. The largest absolute Gasteiger partial charge is 0.383 e. The van der Waals surface area contributed by atoms with Crippen molar-refractivity contribution in [3.63, 3.8) is 0 Å². The van der Waals surface area contributed by atoms with Gasteiger partial charge in [0.25, 0.3) is 5.91 Å². The van der Waals surface area contributed by atoms with Gasteiger partial charge in [-0.05, 0) is 17.6 Å². The third-order valence-corrected chi connectivity index (χ3v) is 1.30. The van der Waals surface area contributed by atoms with Gasteiger partial charge in [-0.2, -0.15) is 0 Å². The molecule has 0 saturated heterocycles. The number of nitrogens with zero attached hydrogens (tertiary/aromatic N) is 5. The second-order valence-corrected chi connectivity index (χ2v) is 2.21. The maximum absolute atomic E-state index is 11.0. The summed E-state index contributed by atoms with van der Waals surface area (Å²) in [7, 11) is 0. The Morgan fingerprint density at radius 1 is 1.77 bits per heavy atom. The molecule has 0 radical (unpaired) electrons. The van der Waals surface area contributed by atoms with E-state index in [-0.39, 0.29) is 11.4 Å². The lowest BCUT2D eigenvalue weighted by molar-refractivity contribution is 0.100. The van der Waals surface area contributed by atoms with Crippen molar-refractivity contribution < 1.29 is 4.79 Å². The summed E-state index contributed by atoms with van der Waals surface area (Å²) in [6, 6.07) is 0. The van der Waals surface area contributed by atoms with Gasteiger partial charge in [-0.1, -0.05) is 0 Å². The van der Waals surface area contributed by atoms with Gasteiger partial charge in [-0.25, -0.2) is 9.97 Å². The van der Waals surface area contributed by atoms with E-state index in [1.54, 1.807) is 6.92 Å². The molecular formula is C6H6N6O. The van der Waals surface area contributed by atoms with E-state index < -0.39 is 5.91 Å². The molecule has 0 atom stereocenters. The molecule has 0 aliphatic heterocycles. The van der Waals surface area contributed by atoms with Crippen LogP contribution in [0, 0.1) is 6.92 Å². The molecule has 0 saturated carbocycles. The summed E-state index contributed by atoms with van der Waals surface area (Å²) in [5.74, 6) is -0.306. The fourth-order valence-corrected chi connectivity index (χ4v) is 0.747. The van der Waals surface area contributed by atoms with E-state index in [0.29, 0.717) is 5.82 Å². The highest BCUT2D eigenvalue weighted by Gasteiger charge is 2.08. The van der Waals surface area contributed by atoms with E-state index in [9.17, 15) is 4.79 Å². The Labute approximate surface area is 73.2 Å². The summed E-state index contributed by atoms with van der Waals surface area (Å²) in [5, 5.41) is 2.87. The molecule has 0 fully saturated rings. The van der Waals surface area contributed by atoms with Gasteiger partial charge in [0.05, 0.1) is 5.56 Å². The molecular weight excluding hydrogens is 172 g/mol. The van der Waals surface area contributed by atoms with Crippen molar-refractivity contribution in [2.24, 2.45) is 5.11 Å². The van der Waals surface area contributed by atoms with E-state index in [4.69, 9.17) is 11.3 Å². The summed E-state index contributed by atoms with van der Waals surface area (Å²) in [5.41, 5.74) is 13.4. The van der Waals surface area contributed by atoms with Crippen LogP contribution in [-0.2, 0) is 0 Å². The van der Waals surface area contributed by atoms with Crippen LogP contribution in [0.4, 0.5) is 5.82 Å². The van der Waals surface area contributed by atoms with Crippen molar-refractivity contribution in [1.82, 2.24) is 9.97 Å². The van der Waals surface area contributed by atoms with Crippen LogP contribution in [0.2, 0.25) is 0 Å². The predicted octanol–water partition coefficient (Wildman–Crippen LogP) is 0.818. The lowest BCUT2D eigenvalue weighted by Crippen LogP contribution is -2.05. The Kier molecular flexibility index (Phi) is 2.41. The first kappa shape index (κ1) is 8.95. The number of hydrogen-bond donors (Lipinski definition) is 1. The molecule has 7 heteroatoms. The maximum Gasteiger partial charge on any atom is 0.254 e. The zero-order valence-electron chi connectivity index (χ0n) is 6.80. The fraction of sp³-hybridized carbons (Fsp3) is 0.167. The third-order valence-electron chi connectivity index (χ3n) is 1.30. The number of aromatic nitrogens is 2. The summed E-state index contributed by atoms with van der Waals surface area (Å²) in [6.45, 7) is 1.64. The number of nitrogens with two attached hydrogens (primary N) is 1. The van der Waals surface area contributed by atoms with Gasteiger partial charge in [0.2, 0.25) is 0 Å². The minimum atomic E-state index is -0.778. The molecule has 0 aliphatic carbocycles. The summed E-state index contributed by atoms with van der Waals surface area (Å²) >= 11 is 0. The highest BCUT2D eigenvalue weighted by Crippen LogP contribution is 2.08. The molecule has 0 aliphatic rings. The number of amides is 1. The monoisotopic (exact) mass is 178 g/mol. The highest BCUT2D eigenvalue weighted by molar-refractivity contribution is 5.98. The molecule has 13 heavy (non-hydrogen) atoms. The SMILES string of the molecule is Cc1ncc(C(=O)N=[N+]=[N-])c(N)n1. The van der Waals surface area contributed by atoms with Crippen LogP contribution in [0.1, 0.15) is 16.2 Å². The van der Waals surface area contributed by atoms with E-state index in [2.05, 4.69) is 20.0 Å². The first-order chi connectivity index (χ1) is 6.15. The molecule has 0 unspecified atom stereocenters. The van der Waals surface area contributed by atoms with Crippen LogP contribution in [0.25, 0.3) is 10.4 Å². The van der Waals surface area contributed by atoms with Gasteiger partial charge >= 0.3 is 0 Å². The Morgan fingerprint density at radius 3 is 3.00 bits per heavy atom. The number of carbonyl (C=O) groups excluding carboxylic acids is 1. The number of hydrogen-bond acceptors (Lipinski definition) is 4. The molecule has 1 rings (SSSR count). The van der Waals surface area contributed by atoms with E-state index in [0.717, 1.165) is 0 Å². The number of carbonyl (C=O) groups is 1. The van der Waals surface area contributed by atoms with Gasteiger partial charge in [-0.3, -0.25) is 4.79 Å². The highest BCUT2D eigenvalue weighted by atomic mass is 16.1. The van der Waals surface area contributed by atoms with Gasteiger partial charge in [0, 0.05) is 11.1 Å². The van der Waals surface area contributed by atoms with E-state index in [1.165, 1.54) is 6.20 Å². The molecule has 1 aromatic heterocycles. The van der Waals surface area contributed by atoms with Gasteiger partial charge < -0.3 is 5.73 Å². The number of aryl methyl sites for hydroxylation is 1. The second kappa shape index (κ2) is 3.51. The lowest BCUT2D eigenvalue weighted by Gasteiger charge is -1.99. The van der Waals surface area contributed by atoms with Crippen LogP contribution in [-0.4, -0.2) is 15.9 Å². The fourth-order valence-electron chi connectivity index (χ4n) is 0.747. The topological polar surface area (TPSA) is 118 Å². The van der Waals surface area contributed by atoms with Crippen LogP contribution in [0.5, 0.6) is 0 Å². The Balaban J connectivity index is 3.16. The smallest absolute Gasteiger partial charge is 0.254 e. The van der Waals surface area contributed by atoms with Crippen molar-refractivity contribution in [2.75, 3.05) is 5.73 Å². The first-order valence-corrected chi connectivity index (χ1v) is 3.33. The molecule has 1 amide bonds. The van der Waals surface area contributed by atoms with Crippen molar-refractivity contribution in [3.05, 3.63) is 28.0 Å². The van der Waals surface area contributed by atoms with Crippen LogP contribution >= 0.6 is 0 Å². The molecule has 1 aromatic rings. The summed E-state index contributed by atoms with van der Waals surface area (Å²) in [4.78, 5) is 20.8. The number of azide groups is 1. The van der Waals surface area contributed by atoms with Crippen LogP contribution in [0.3, 0.4) is 0 Å². The minimum absolute atomic E-state index is 0.0170. The molecule has 7 nitrogen and oxygen atoms in total. The van der Waals surface area contributed by atoms with E-state index in [1.807, 2.05) is 0 Å². The normalized spacial score (nSPS) is 9.00. The molecule has 2 N–H and O–H groups in total. The molecule has 0 aromatic carbocycles. The number of rotatable bonds is 1. The van der Waals surface area contributed by atoms with Gasteiger partial charge in [0.1, 0.15) is 11.6 Å². The van der Waals surface area contributed by atoms with Gasteiger partial charge in [0.15, 0.2) is 0 Å². The standard InChI is InChI=1S/C6H6N6O/c1-3-9-2-4(5(7)10-3)6(13)11-12-8/h2H,1H3,(H2,7,9,10). The van der Waals surface area contributed by atoms with Crippen molar-refractivity contribution in [3.8, 4) is 0 Å². The van der Waals surface area contributed by atoms with Crippen LogP contribution < -0.4 is 5.73 Å². The molecule has 0 spiro atoms. The Bertz CT molecular complexity index is 394. The number of anilines is 1. The Morgan fingerprint density at radius 2 is 2.46 bits per heavy atom. The first-order valence-electron chi connectivity index (χ1n) is 3.33. The summed E-state index contributed by atoms with van der Waals surface area (Å²) < 4.78 is 0. The van der Waals surface area contributed by atoms with Crippen molar-refractivity contribution in [1.29, 1.82) is 0 Å². The van der Waals surface area contributed by atoms with Crippen molar-refractivity contribution >= 4 is 11.7 Å². The molecule has 1 heterocycles. The third kappa shape index (κ3) is 1.91.